The minimum Gasteiger partial charge on any atom is -0.348 e. The monoisotopic (exact) mass is 416 g/mol. The van der Waals surface area contributed by atoms with Gasteiger partial charge in [0.05, 0.1) is 6.33 Å². The Balaban J connectivity index is 1.52. The molecule has 4 rings (SSSR count). The van der Waals surface area contributed by atoms with Crippen molar-refractivity contribution in [2.24, 2.45) is 0 Å². The lowest BCUT2D eigenvalue weighted by Gasteiger charge is -2.11. The van der Waals surface area contributed by atoms with Crippen LogP contribution in [0.5, 0.6) is 0 Å². The number of rotatable bonds is 6. The molecule has 0 aliphatic rings. The second-order valence-corrected chi connectivity index (χ2v) is 7.57. The van der Waals surface area contributed by atoms with E-state index in [9.17, 15) is 9.59 Å². The number of nitrogens with zero attached hydrogens (tertiary/aromatic N) is 3. The molecular formula is C24H24N4O3. The Morgan fingerprint density at radius 3 is 2.48 bits per heavy atom. The summed E-state index contributed by atoms with van der Waals surface area (Å²) in [6, 6.07) is 13.8. The zero-order valence-electron chi connectivity index (χ0n) is 17.8. The third-order valence-corrected chi connectivity index (χ3v) is 5.41. The average Bonchev–Trinajstić information content (AvgIpc) is 3.21. The number of hydrogen-bond donors (Lipinski definition) is 1. The zero-order chi connectivity index (χ0) is 22.0. The fourth-order valence-electron chi connectivity index (χ4n) is 3.54. The first-order chi connectivity index (χ1) is 15.0. The number of carbonyl (C=O) groups excluding carboxylic acids is 1. The molecule has 0 aliphatic carbocycles. The minimum atomic E-state index is -0.353. The number of hydrogen-bond acceptors (Lipinski definition) is 5. The van der Waals surface area contributed by atoms with Gasteiger partial charge in [-0.15, -0.1) is 0 Å². The third-order valence-electron chi connectivity index (χ3n) is 5.41. The predicted octanol–water partition coefficient (Wildman–Crippen LogP) is 4.26. The Morgan fingerprint density at radius 2 is 1.81 bits per heavy atom. The predicted molar refractivity (Wildman–Crippen MR) is 120 cm³/mol. The van der Waals surface area contributed by atoms with Crippen LogP contribution in [0.2, 0.25) is 0 Å². The number of carbonyl (C=O) groups is 1. The molecule has 0 atom stereocenters. The maximum absolute atomic E-state index is 12.8. The standard InChI is InChI=1S/C24H24N4O3/c1-4-17-8-10-18(11-9-17)21-22-23(31-27-21)24(30)28(14-25-22)13-12-19(29)26-20-15(2)6-5-7-16(20)3/h5-11,14H,4,12-13H2,1-3H3,(H,26,29). The SMILES string of the molecule is CCc1ccc(-c2noc3c(=O)n(CCC(=O)Nc4c(C)cccc4C)cnc23)cc1. The summed E-state index contributed by atoms with van der Waals surface area (Å²) in [5.74, 6) is -0.168. The van der Waals surface area contributed by atoms with Crippen molar-refractivity contribution >= 4 is 22.7 Å². The Morgan fingerprint density at radius 1 is 1.10 bits per heavy atom. The summed E-state index contributed by atoms with van der Waals surface area (Å²) in [7, 11) is 0. The van der Waals surface area contributed by atoms with Crippen LogP contribution in [0.3, 0.4) is 0 Å². The molecule has 1 amide bonds. The number of para-hydroxylation sites is 1. The molecule has 0 radical (unpaired) electrons. The van der Waals surface area contributed by atoms with Gasteiger partial charge < -0.3 is 9.84 Å². The Hall–Kier alpha value is -3.74. The Kier molecular flexibility index (Phi) is 5.66. The Bertz CT molecular complexity index is 1280. The van der Waals surface area contributed by atoms with Gasteiger partial charge in [0.1, 0.15) is 11.2 Å². The van der Waals surface area contributed by atoms with Crippen molar-refractivity contribution in [1.29, 1.82) is 0 Å². The van der Waals surface area contributed by atoms with Crippen LogP contribution in [0.25, 0.3) is 22.4 Å². The molecule has 158 valence electrons. The van der Waals surface area contributed by atoms with Gasteiger partial charge >= 0.3 is 0 Å². The third kappa shape index (κ3) is 4.12. The van der Waals surface area contributed by atoms with Crippen molar-refractivity contribution in [1.82, 2.24) is 14.7 Å². The molecule has 0 saturated heterocycles. The molecule has 1 N–H and O–H groups in total. The van der Waals surface area contributed by atoms with Crippen LogP contribution in [0.15, 0.2) is 58.1 Å². The zero-order valence-corrected chi connectivity index (χ0v) is 17.8. The largest absolute Gasteiger partial charge is 0.348 e. The minimum absolute atomic E-state index is 0.0900. The average molecular weight is 416 g/mol. The van der Waals surface area contributed by atoms with Crippen LogP contribution in [0.1, 0.15) is 30.0 Å². The second-order valence-electron chi connectivity index (χ2n) is 7.57. The smallest absolute Gasteiger partial charge is 0.299 e. The fourth-order valence-corrected chi connectivity index (χ4v) is 3.54. The molecule has 0 saturated carbocycles. The van der Waals surface area contributed by atoms with Gasteiger partial charge in [0.25, 0.3) is 11.1 Å². The number of amides is 1. The van der Waals surface area contributed by atoms with Crippen molar-refractivity contribution in [3.05, 3.63) is 75.8 Å². The van der Waals surface area contributed by atoms with Gasteiger partial charge in [0.15, 0.2) is 0 Å². The fraction of sp³-hybridized carbons (Fsp3) is 0.250. The van der Waals surface area contributed by atoms with Crippen LogP contribution in [0, 0.1) is 13.8 Å². The van der Waals surface area contributed by atoms with Crippen molar-refractivity contribution in [3.63, 3.8) is 0 Å². The van der Waals surface area contributed by atoms with Crippen molar-refractivity contribution in [2.75, 3.05) is 5.32 Å². The van der Waals surface area contributed by atoms with E-state index >= 15 is 0 Å². The first-order valence-electron chi connectivity index (χ1n) is 10.3. The summed E-state index contributed by atoms with van der Waals surface area (Å²) in [4.78, 5) is 29.6. The number of aryl methyl sites for hydroxylation is 4. The van der Waals surface area contributed by atoms with E-state index in [0.29, 0.717) is 11.2 Å². The number of benzene rings is 2. The lowest BCUT2D eigenvalue weighted by molar-refractivity contribution is -0.116. The van der Waals surface area contributed by atoms with Gasteiger partial charge in [-0.3, -0.25) is 14.2 Å². The topological polar surface area (TPSA) is 90.0 Å². The van der Waals surface area contributed by atoms with E-state index in [2.05, 4.69) is 22.4 Å². The molecule has 7 heteroatoms. The first-order valence-corrected chi connectivity index (χ1v) is 10.3. The summed E-state index contributed by atoms with van der Waals surface area (Å²) in [6.45, 7) is 6.18. The highest BCUT2D eigenvalue weighted by Gasteiger charge is 2.17. The van der Waals surface area contributed by atoms with Gasteiger partial charge in [-0.1, -0.05) is 54.5 Å². The Labute approximate surface area is 179 Å². The quantitative estimate of drug-likeness (QED) is 0.507. The van der Waals surface area contributed by atoms with Crippen LogP contribution in [-0.4, -0.2) is 20.6 Å². The number of aromatic nitrogens is 3. The van der Waals surface area contributed by atoms with Crippen LogP contribution < -0.4 is 10.9 Å². The molecule has 2 heterocycles. The summed E-state index contributed by atoms with van der Waals surface area (Å²) in [5, 5.41) is 6.99. The van der Waals surface area contributed by atoms with E-state index in [-0.39, 0.29) is 30.0 Å². The lowest BCUT2D eigenvalue weighted by Crippen LogP contribution is -2.23. The van der Waals surface area contributed by atoms with Crippen molar-refractivity contribution in [3.8, 4) is 11.3 Å². The van der Waals surface area contributed by atoms with E-state index in [1.54, 1.807) is 0 Å². The highest BCUT2D eigenvalue weighted by atomic mass is 16.5. The first kappa shape index (κ1) is 20.5. The van der Waals surface area contributed by atoms with Gasteiger partial charge in [-0.2, -0.15) is 0 Å². The summed E-state index contributed by atoms with van der Waals surface area (Å²) >= 11 is 0. The molecule has 0 unspecified atom stereocenters. The van der Waals surface area contributed by atoms with Crippen LogP contribution >= 0.6 is 0 Å². The molecule has 31 heavy (non-hydrogen) atoms. The summed E-state index contributed by atoms with van der Waals surface area (Å²) < 4.78 is 6.70. The molecule has 0 fully saturated rings. The van der Waals surface area contributed by atoms with Gasteiger partial charge in [0, 0.05) is 24.2 Å². The maximum atomic E-state index is 12.8. The van der Waals surface area contributed by atoms with Crippen LogP contribution in [-0.2, 0) is 17.8 Å². The molecule has 2 aromatic heterocycles. The molecule has 0 aliphatic heterocycles. The highest BCUT2D eigenvalue weighted by molar-refractivity contribution is 5.92. The number of anilines is 1. The summed E-state index contributed by atoms with van der Waals surface area (Å²) in [5.41, 5.74) is 5.55. The van der Waals surface area contributed by atoms with Crippen molar-refractivity contribution < 1.29 is 9.32 Å². The van der Waals surface area contributed by atoms with Crippen LogP contribution in [0.4, 0.5) is 5.69 Å². The van der Waals surface area contributed by atoms with Gasteiger partial charge in [-0.05, 0) is 37.0 Å². The molecule has 2 aromatic carbocycles. The van der Waals surface area contributed by atoms with E-state index < -0.39 is 0 Å². The normalized spacial score (nSPS) is 11.1. The van der Waals surface area contributed by atoms with Gasteiger partial charge in [0.2, 0.25) is 5.91 Å². The van der Waals surface area contributed by atoms with Crippen molar-refractivity contribution in [2.45, 2.75) is 40.2 Å². The molecule has 0 spiro atoms. The highest BCUT2D eigenvalue weighted by Crippen LogP contribution is 2.25. The number of fused-ring (bicyclic) bond motifs is 1. The van der Waals surface area contributed by atoms with Gasteiger partial charge in [-0.25, -0.2) is 4.98 Å². The van der Waals surface area contributed by atoms with E-state index in [1.165, 1.54) is 16.5 Å². The molecule has 7 nitrogen and oxygen atoms in total. The second kappa shape index (κ2) is 8.55. The number of nitrogens with one attached hydrogen (secondary N) is 1. The van der Waals surface area contributed by atoms with E-state index in [1.807, 2.05) is 56.3 Å². The summed E-state index contributed by atoms with van der Waals surface area (Å²) in [6.07, 6.45) is 2.53. The lowest BCUT2D eigenvalue weighted by atomic mass is 10.1. The van der Waals surface area contributed by atoms with E-state index in [4.69, 9.17) is 4.52 Å². The molecular weight excluding hydrogens is 392 g/mol. The van der Waals surface area contributed by atoms with E-state index in [0.717, 1.165) is 28.8 Å². The maximum Gasteiger partial charge on any atom is 0.299 e. The molecule has 4 aromatic rings. The molecule has 0 bridgehead atoms.